The van der Waals surface area contributed by atoms with Crippen LogP contribution < -0.4 is 16.0 Å². The number of nitrogens with zero attached hydrogens (tertiary/aromatic N) is 2. The third kappa shape index (κ3) is 5.81. The van der Waals surface area contributed by atoms with Crippen LogP contribution in [0.5, 0.6) is 0 Å². The molecule has 34 heavy (non-hydrogen) atoms. The lowest BCUT2D eigenvalue weighted by Gasteiger charge is -2.22. The Morgan fingerprint density at radius 3 is 2.29 bits per heavy atom. The van der Waals surface area contributed by atoms with E-state index in [-0.39, 0.29) is 11.8 Å². The van der Waals surface area contributed by atoms with Crippen LogP contribution in [0.2, 0.25) is 0 Å². The molecule has 7 nitrogen and oxygen atoms in total. The minimum absolute atomic E-state index is 0.0612. The van der Waals surface area contributed by atoms with Gasteiger partial charge in [-0.05, 0) is 41.3 Å². The van der Waals surface area contributed by atoms with Gasteiger partial charge in [-0.15, -0.1) is 0 Å². The first-order valence-corrected chi connectivity index (χ1v) is 11.4. The van der Waals surface area contributed by atoms with E-state index in [1.54, 1.807) is 12.1 Å². The summed E-state index contributed by atoms with van der Waals surface area (Å²) in [7, 11) is 0. The number of benzene rings is 3. The van der Waals surface area contributed by atoms with Gasteiger partial charge in [0, 0.05) is 18.8 Å². The SMILES string of the molecule is CC(C)C(NC(=O)Nc1ccccc1)C(=O)NCc1ccc(Cn2cnc3ccccc32)cc1. The Hall–Kier alpha value is -4.13. The standard InChI is InChI=1S/C27H29N5O2/c1-19(2)25(31-27(34)30-22-8-4-3-5-9-22)26(33)28-16-20-12-14-21(15-13-20)17-32-18-29-23-10-6-7-11-24(23)32/h3-15,18-19,25H,16-17H2,1-2H3,(H,28,33)(H2,30,31,34). The molecule has 0 saturated heterocycles. The summed E-state index contributed by atoms with van der Waals surface area (Å²) in [6, 6.07) is 24.3. The van der Waals surface area contributed by atoms with E-state index in [1.165, 1.54) is 0 Å². The first kappa shape index (κ1) is 23.0. The van der Waals surface area contributed by atoms with E-state index in [1.807, 2.05) is 68.7 Å². The van der Waals surface area contributed by atoms with Crippen LogP contribution in [0, 0.1) is 5.92 Å². The molecule has 3 aromatic carbocycles. The molecule has 0 aliphatic carbocycles. The lowest BCUT2D eigenvalue weighted by Crippen LogP contribution is -2.50. The monoisotopic (exact) mass is 455 g/mol. The molecule has 1 aromatic heterocycles. The highest BCUT2D eigenvalue weighted by molar-refractivity contribution is 5.93. The summed E-state index contributed by atoms with van der Waals surface area (Å²) in [6.07, 6.45) is 1.85. The van der Waals surface area contributed by atoms with Gasteiger partial charge in [-0.1, -0.05) is 68.4 Å². The van der Waals surface area contributed by atoms with Crippen molar-refractivity contribution in [3.63, 3.8) is 0 Å². The summed E-state index contributed by atoms with van der Waals surface area (Å²) in [5.74, 6) is -0.277. The summed E-state index contributed by atoms with van der Waals surface area (Å²) < 4.78 is 2.12. The number of amides is 3. The number of rotatable bonds is 8. The molecule has 7 heteroatoms. The summed E-state index contributed by atoms with van der Waals surface area (Å²) in [5, 5.41) is 8.48. The molecule has 174 valence electrons. The van der Waals surface area contributed by atoms with Crippen LogP contribution in [0.4, 0.5) is 10.5 Å². The van der Waals surface area contributed by atoms with Crippen molar-refractivity contribution in [3.8, 4) is 0 Å². The van der Waals surface area contributed by atoms with Crippen LogP contribution >= 0.6 is 0 Å². The molecule has 0 spiro atoms. The fourth-order valence-electron chi connectivity index (χ4n) is 3.76. The minimum Gasteiger partial charge on any atom is -0.350 e. The van der Waals surface area contributed by atoms with Crippen molar-refractivity contribution >= 4 is 28.7 Å². The number of carbonyl (C=O) groups excluding carboxylic acids is 2. The second-order valence-electron chi connectivity index (χ2n) is 8.58. The van der Waals surface area contributed by atoms with Crippen molar-refractivity contribution in [2.24, 2.45) is 5.92 Å². The molecule has 1 atom stereocenters. The predicted octanol–water partition coefficient (Wildman–Crippen LogP) is 4.55. The van der Waals surface area contributed by atoms with E-state index in [0.717, 1.165) is 28.7 Å². The Bertz CT molecular complexity index is 1250. The topological polar surface area (TPSA) is 88.0 Å². The van der Waals surface area contributed by atoms with Gasteiger partial charge in [0.15, 0.2) is 0 Å². The number of fused-ring (bicyclic) bond motifs is 1. The average Bonchev–Trinajstić information content (AvgIpc) is 3.25. The summed E-state index contributed by atoms with van der Waals surface area (Å²) >= 11 is 0. The molecule has 4 rings (SSSR count). The van der Waals surface area contributed by atoms with Crippen molar-refractivity contribution in [2.45, 2.75) is 33.0 Å². The molecule has 0 fully saturated rings. The zero-order valence-corrected chi connectivity index (χ0v) is 19.4. The Balaban J connectivity index is 1.31. The maximum Gasteiger partial charge on any atom is 0.319 e. The van der Waals surface area contributed by atoms with Crippen LogP contribution in [0.15, 0.2) is 85.2 Å². The Morgan fingerprint density at radius 1 is 0.882 bits per heavy atom. The number of nitrogens with one attached hydrogen (secondary N) is 3. The molecule has 0 saturated carbocycles. The predicted molar refractivity (Wildman–Crippen MR) is 134 cm³/mol. The van der Waals surface area contributed by atoms with Gasteiger partial charge in [-0.25, -0.2) is 9.78 Å². The van der Waals surface area contributed by atoms with Crippen molar-refractivity contribution in [1.29, 1.82) is 0 Å². The molecular formula is C27H29N5O2. The number of imidazole rings is 1. The average molecular weight is 456 g/mol. The third-order valence-corrected chi connectivity index (χ3v) is 5.64. The number of aromatic nitrogens is 2. The lowest BCUT2D eigenvalue weighted by atomic mass is 10.0. The highest BCUT2D eigenvalue weighted by Gasteiger charge is 2.24. The largest absolute Gasteiger partial charge is 0.350 e. The molecular weight excluding hydrogens is 426 g/mol. The molecule has 1 unspecified atom stereocenters. The maximum absolute atomic E-state index is 12.8. The first-order chi connectivity index (χ1) is 16.5. The van der Waals surface area contributed by atoms with Crippen LogP contribution in [0.1, 0.15) is 25.0 Å². The molecule has 1 heterocycles. The third-order valence-electron chi connectivity index (χ3n) is 5.64. The molecule has 0 radical (unpaired) electrons. The van der Waals surface area contributed by atoms with Crippen molar-refractivity contribution in [2.75, 3.05) is 5.32 Å². The molecule has 4 aromatic rings. The van der Waals surface area contributed by atoms with E-state index in [0.29, 0.717) is 12.2 Å². The van der Waals surface area contributed by atoms with Gasteiger partial charge in [0.05, 0.1) is 17.4 Å². The maximum atomic E-state index is 12.8. The highest BCUT2D eigenvalue weighted by Crippen LogP contribution is 2.15. The Labute approximate surface area is 199 Å². The van der Waals surface area contributed by atoms with E-state index in [2.05, 4.69) is 43.7 Å². The molecule has 0 bridgehead atoms. The first-order valence-electron chi connectivity index (χ1n) is 11.4. The number of hydrogen-bond donors (Lipinski definition) is 3. The smallest absolute Gasteiger partial charge is 0.319 e. The van der Waals surface area contributed by atoms with Gasteiger partial charge in [0.25, 0.3) is 0 Å². The van der Waals surface area contributed by atoms with E-state index < -0.39 is 12.1 Å². The summed E-state index contributed by atoms with van der Waals surface area (Å²) in [4.78, 5) is 29.6. The van der Waals surface area contributed by atoms with Gasteiger partial charge in [-0.3, -0.25) is 4.79 Å². The molecule has 0 aliphatic rings. The zero-order valence-electron chi connectivity index (χ0n) is 19.4. The molecule has 3 N–H and O–H groups in total. The second-order valence-corrected chi connectivity index (χ2v) is 8.58. The van der Waals surface area contributed by atoms with Crippen molar-refractivity contribution < 1.29 is 9.59 Å². The Kier molecular flexibility index (Phi) is 7.22. The van der Waals surface area contributed by atoms with E-state index >= 15 is 0 Å². The number of para-hydroxylation sites is 3. The fourth-order valence-corrected chi connectivity index (χ4v) is 3.76. The van der Waals surface area contributed by atoms with Gasteiger partial charge < -0.3 is 20.5 Å². The number of anilines is 1. The number of hydrogen-bond acceptors (Lipinski definition) is 3. The zero-order chi connectivity index (χ0) is 23.9. The summed E-state index contributed by atoms with van der Waals surface area (Å²) in [6.45, 7) is 4.92. The number of carbonyl (C=O) groups is 2. The molecule has 0 aliphatic heterocycles. The van der Waals surface area contributed by atoms with E-state index in [4.69, 9.17) is 0 Å². The summed E-state index contributed by atoms with van der Waals surface area (Å²) in [5.41, 5.74) is 4.89. The van der Waals surface area contributed by atoms with Gasteiger partial charge in [-0.2, -0.15) is 0 Å². The molecule has 3 amide bonds. The van der Waals surface area contributed by atoms with Gasteiger partial charge >= 0.3 is 6.03 Å². The fraction of sp³-hybridized carbons (Fsp3) is 0.222. The van der Waals surface area contributed by atoms with Crippen molar-refractivity contribution in [1.82, 2.24) is 20.2 Å². The van der Waals surface area contributed by atoms with E-state index in [9.17, 15) is 9.59 Å². The van der Waals surface area contributed by atoms with Crippen LogP contribution in [-0.4, -0.2) is 27.5 Å². The normalized spacial score (nSPS) is 11.9. The van der Waals surface area contributed by atoms with Crippen LogP contribution in [-0.2, 0) is 17.9 Å². The van der Waals surface area contributed by atoms with Gasteiger partial charge in [0.1, 0.15) is 6.04 Å². The lowest BCUT2D eigenvalue weighted by molar-refractivity contribution is -0.124. The second kappa shape index (κ2) is 10.7. The quantitative estimate of drug-likeness (QED) is 0.364. The van der Waals surface area contributed by atoms with Crippen LogP contribution in [0.3, 0.4) is 0 Å². The highest BCUT2D eigenvalue weighted by atomic mass is 16.2. The number of urea groups is 1. The Morgan fingerprint density at radius 2 is 1.56 bits per heavy atom. The minimum atomic E-state index is -0.641. The van der Waals surface area contributed by atoms with Gasteiger partial charge in [0.2, 0.25) is 5.91 Å². The van der Waals surface area contributed by atoms with Crippen molar-refractivity contribution in [3.05, 3.63) is 96.3 Å². The van der Waals surface area contributed by atoms with Crippen LogP contribution in [0.25, 0.3) is 11.0 Å².